The summed E-state index contributed by atoms with van der Waals surface area (Å²) in [6, 6.07) is 0.418. The summed E-state index contributed by atoms with van der Waals surface area (Å²) in [4.78, 5) is 0. The van der Waals surface area contributed by atoms with Gasteiger partial charge in [0.05, 0.1) is 0 Å². The van der Waals surface area contributed by atoms with Crippen LogP contribution in [0, 0.1) is 11.1 Å². The van der Waals surface area contributed by atoms with E-state index in [0.717, 1.165) is 18.0 Å². The summed E-state index contributed by atoms with van der Waals surface area (Å²) in [6.45, 7) is 6.53. The molecule has 1 aliphatic rings. The van der Waals surface area contributed by atoms with Crippen LogP contribution >= 0.6 is 0 Å². The van der Waals surface area contributed by atoms with Crippen molar-refractivity contribution in [1.82, 2.24) is 10.4 Å². The maximum absolute atomic E-state index is 10.9. The van der Waals surface area contributed by atoms with Gasteiger partial charge in [-0.2, -0.15) is 0 Å². The van der Waals surface area contributed by atoms with Gasteiger partial charge in [0, 0.05) is 19.1 Å². The smallest absolute Gasteiger partial charge is 0.0188 e. The van der Waals surface area contributed by atoms with Crippen molar-refractivity contribution in [3.8, 4) is 0 Å². The Morgan fingerprint density at radius 1 is 1.64 bits per heavy atom. The Labute approximate surface area is 68.3 Å². The molecule has 0 spiro atoms. The molecule has 3 nitrogen and oxygen atoms in total. The molecule has 11 heavy (non-hydrogen) atoms. The highest BCUT2D eigenvalue weighted by Gasteiger charge is 2.14. The fourth-order valence-corrected chi connectivity index (χ4v) is 1.52. The summed E-state index contributed by atoms with van der Waals surface area (Å²) in [5, 5.41) is 15.4. The van der Waals surface area contributed by atoms with E-state index in [-0.39, 0.29) is 0 Å². The molecule has 0 aromatic carbocycles. The molecule has 1 N–H and O–H groups in total. The van der Waals surface area contributed by atoms with Gasteiger partial charge in [0.1, 0.15) is 0 Å². The summed E-state index contributed by atoms with van der Waals surface area (Å²) in [5.41, 5.74) is 0. The molecule has 0 aromatic rings. The average Bonchev–Trinajstić information content (AvgIpc) is 1.85. The van der Waals surface area contributed by atoms with Crippen molar-refractivity contribution < 1.29 is 0 Å². The first-order chi connectivity index (χ1) is 5.18. The van der Waals surface area contributed by atoms with Crippen LogP contribution in [-0.2, 0) is 0 Å². The van der Waals surface area contributed by atoms with E-state index >= 15 is 0 Å². The molecule has 1 fully saturated rings. The normalized spacial score (nSPS) is 27.8. The van der Waals surface area contributed by atoms with Crippen molar-refractivity contribution in [2.75, 3.05) is 19.6 Å². The van der Waals surface area contributed by atoms with Crippen LogP contribution in [-0.4, -0.2) is 30.7 Å². The minimum absolute atomic E-state index is 0.418. The second-order valence-electron chi connectivity index (χ2n) is 3.67. The largest absolute Gasteiger partial charge is 0.785 e. The molecule has 1 unspecified atom stereocenters. The molecule has 66 valence electrons. The zero-order valence-corrected chi connectivity index (χ0v) is 7.34. The van der Waals surface area contributed by atoms with E-state index in [1.807, 2.05) is 0 Å². The Kier molecular flexibility index (Phi) is 3.30. The maximum Gasteiger partial charge on any atom is 0.0188 e. The molecule has 0 aromatic heterocycles. The van der Waals surface area contributed by atoms with Gasteiger partial charge in [-0.3, -0.25) is 0 Å². The first-order valence-electron chi connectivity index (χ1n) is 4.34. The van der Waals surface area contributed by atoms with Gasteiger partial charge in [-0.05, 0) is 18.9 Å². The highest BCUT2D eigenvalue weighted by Crippen LogP contribution is 2.08. The standard InChI is InChI=1S/C8H17N2O/c1-7(2)5-8-6-10(11)4-3-9-8/h7-9H,3-6H2,1-2H3/q-1. The van der Waals surface area contributed by atoms with Gasteiger partial charge in [0.2, 0.25) is 0 Å². The van der Waals surface area contributed by atoms with E-state index in [9.17, 15) is 5.21 Å². The molecule has 1 rings (SSSR count). The Hall–Kier alpha value is -0.120. The number of nitrogens with one attached hydrogen (secondary N) is 1. The molecule has 3 heteroatoms. The number of piperazine rings is 1. The van der Waals surface area contributed by atoms with Crippen LogP contribution in [0.25, 0.3) is 0 Å². The lowest BCUT2D eigenvalue weighted by molar-refractivity contribution is 0.244. The van der Waals surface area contributed by atoms with Crippen LogP contribution in [0.2, 0.25) is 0 Å². The van der Waals surface area contributed by atoms with Crippen LogP contribution < -0.4 is 5.32 Å². The molecular formula is C8H17N2O-. The Morgan fingerprint density at radius 2 is 2.36 bits per heavy atom. The Morgan fingerprint density at radius 3 is 2.91 bits per heavy atom. The minimum atomic E-state index is 0.418. The number of hydroxylamine groups is 2. The van der Waals surface area contributed by atoms with Crippen LogP contribution in [0.1, 0.15) is 20.3 Å². The lowest BCUT2D eigenvalue weighted by Gasteiger charge is -2.38. The highest BCUT2D eigenvalue weighted by atomic mass is 16.5. The maximum atomic E-state index is 10.9. The zero-order chi connectivity index (χ0) is 8.27. The van der Waals surface area contributed by atoms with E-state index in [4.69, 9.17) is 0 Å². The molecule has 0 aliphatic carbocycles. The molecule has 0 bridgehead atoms. The van der Waals surface area contributed by atoms with Crippen molar-refractivity contribution in [2.45, 2.75) is 26.3 Å². The number of hydrogen-bond acceptors (Lipinski definition) is 3. The molecule has 0 radical (unpaired) electrons. The molecule has 0 saturated carbocycles. The number of hydrogen-bond donors (Lipinski definition) is 1. The Balaban J connectivity index is 2.23. The third kappa shape index (κ3) is 3.18. The van der Waals surface area contributed by atoms with E-state index in [0.29, 0.717) is 25.0 Å². The summed E-state index contributed by atoms with van der Waals surface area (Å²) in [5.74, 6) is 0.680. The van der Waals surface area contributed by atoms with Gasteiger partial charge in [-0.15, -0.1) is 0 Å². The van der Waals surface area contributed by atoms with Crippen molar-refractivity contribution in [2.24, 2.45) is 5.92 Å². The molecule has 1 atom stereocenters. The van der Waals surface area contributed by atoms with Crippen LogP contribution in [0.15, 0.2) is 0 Å². The molecule has 1 aliphatic heterocycles. The van der Waals surface area contributed by atoms with Crippen LogP contribution in [0.5, 0.6) is 0 Å². The van der Waals surface area contributed by atoms with Gasteiger partial charge >= 0.3 is 0 Å². The average molecular weight is 157 g/mol. The van der Waals surface area contributed by atoms with Crippen molar-refractivity contribution in [3.05, 3.63) is 5.21 Å². The molecule has 0 amide bonds. The third-order valence-corrected chi connectivity index (χ3v) is 1.97. The van der Waals surface area contributed by atoms with E-state index in [2.05, 4.69) is 19.2 Å². The summed E-state index contributed by atoms with van der Waals surface area (Å²) < 4.78 is 0. The van der Waals surface area contributed by atoms with Crippen LogP contribution in [0.4, 0.5) is 0 Å². The summed E-state index contributed by atoms with van der Waals surface area (Å²) in [6.07, 6.45) is 1.11. The monoisotopic (exact) mass is 157 g/mol. The van der Waals surface area contributed by atoms with Gasteiger partial charge < -0.3 is 15.6 Å². The van der Waals surface area contributed by atoms with E-state index < -0.39 is 0 Å². The second-order valence-corrected chi connectivity index (χ2v) is 3.67. The predicted molar refractivity (Wildman–Crippen MR) is 46.2 cm³/mol. The third-order valence-electron chi connectivity index (χ3n) is 1.97. The quantitative estimate of drug-likeness (QED) is 0.644. The zero-order valence-electron chi connectivity index (χ0n) is 7.34. The number of rotatable bonds is 2. The van der Waals surface area contributed by atoms with Crippen molar-refractivity contribution in [1.29, 1.82) is 0 Å². The topological polar surface area (TPSA) is 38.3 Å². The summed E-state index contributed by atoms with van der Waals surface area (Å²) >= 11 is 0. The SMILES string of the molecule is CC(C)CC1CN([O-])CCN1. The second kappa shape index (κ2) is 4.04. The van der Waals surface area contributed by atoms with Gasteiger partial charge in [-0.25, -0.2) is 0 Å². The van der Waals surface area contributed by atoms with E-state index in [1.165, 1.54) is 0 Å². The predicted octanol–water partition coefficient (Wildman–Crippen LogP) is 0.804. The molecule has 1 heterocycles. The number of nitrogens with zero attached hydrogens (tertiary/aromatic N) is 1. The lowest BCUT2D eigenvalue weighted by Crippen LogP contribution is -2.48. The molecular weight excluding hydrogens is 140 g/mol. The van der Waals surface area contributed by atoms with Gasteiger partial charge in [-0.1, -0.05) is 13.8 Å². The summed E-state index contributed by atoms with van der Waals surface area (Å²) in [7, 11) is 0. The highest BCUT2D eigenvalue weighted by molar-refractivity contribution is 4.79. The van der Waals surface area contributed by atoms with E-state index in [1.54, 1.807) is 0 Å². The fourth-order valence-electron chi connectivity index (χ4n) is 1.52. The van der Waals surface area contributed by atoms with Crippen LogP contribution in [0.3, 0.4) is 0 Å². The molecule has 1 saturated heterocycles. The van der Waals surface area contributed by atoms with Gasteiger partial charge in [0.15, 0.2) is 0 Å². The van der Waals surface area contributed by atoms with Gasteiger partial charge in [0.25, 0.3) is 0 Å². The lowest BCUT2D eigenvalue weighted by atomic mass is 10.0. The first kappa shape index (κ1) is 8.97. The van der Waals surface area contributed by atoms with Crippen molar-refractivity contribution >= 4 is 0 Å². The Bertz CT molecular complexity index is 115. The fraction of sp³-hybridized carbons (Fsp3) is 1.00. The van der Waals surface area contributed by atoms with Crippen molar-refractivity contribution in [3.63, 3.8) is 0 Å². The minimum Gasteiger partial charge on any atom is -0.785 e. The first-order valence-corrected chi connectivity index (χ1v) is 4.34.